The molecular formula is C10H15ClN2O3S. The topological polar surface area (TPSA) is 71.5 Å². The second kappa shape index (κ2) is 6.78. The SMILES string of the molecule is CCCC(O)CNc1nc(Cl)c(C(=O)OC)s1. The van der Waals surface area contributed by atoms with Gasteiger partial charge in [-0.15, -0.1) is 0 Å². The lowest BCUT2D eigenvalue weighted by Gasteiger charge is -2.08. The van der Waals surface area contributed by atoms with Crippen molar-refractivity contribution in [2.75, 3.05) is 19.0 Å². The summed E-state index contributed by atoms with van der Waals surface area (Å²) in [5, 5.41) is 13.1. The van der Waals surface area contributed by atoms with Crippen LogP contribution < -0.4 is 5.32 Å². The van der Waals surface area contributed by atoms with Crippen LogP contribution in [-0.4, -0.2) is 35.8 Å². The third kappa shape index (κ3) is 4.14. The molecule has 0 aromatic carbocycles. The van der Waals surface area contributed by atoms with E-state index in [1.807, 2.05) is 6.92 Å². The quantitative estimate of drug-likeness (QED) is 0.780. The highest BCUT2D eigenvalue weighted by atomic mass is 35.5. The molecule has 1 aromatic rings. The Kier molecular flexibility index (Phi) is 5.67. The first-order valence-electron chi connectivity index (χ1n) is 5.25. The number of halogens is 1. The van der Waals surface area contributed by atoms with Gasteiger partial charge in [0, 0.05) is 6.54 Å². The highest BCUT2D eigenvalue weighted by molar-refractivity contribution is 7.18. The van der Waals surface area contributed by atoms with Gasteiger partial charge in [-0.2, -0.15) is 0 Å². The van der Waals surface area contributed by atoms with Crippen molar-refractivity contribution in [3.63, 3.8) is 0 Å². The average molecular weight is 279 g/mol. The van der Waals surface area contributed by atoms with Crippen LogP contribution in [-0.2, 0) is 4.74 Å². The minimum absolute atomic E-state index is 0.120. The number of ether oxygens (including phenoxy) is 1. The van der Waals surface area contributed by atoms with Crippen molar-refractivity contribution < 1.29 is 14.6 Å². The Morgan fingerprint density at radius 3 is 3.00 bits per heavy atom. The lowest BCUT2D eigenvalue weighted by molar-refractivity contribution is 0.0606. The van der Waals surface area contributed by atoms with E-state index < -0.39 is 12.1 Å². The highest BCUT2D eigenvalue weighted by Crippen LogP contribution is 2.27. The molecule has 0 bridgehead atoms. The Hall–Kier alpha value is -0.850. The molecular weight excluding hydrogens is 264 g/mol. The van der Waals surface area contributed by atoms with Crippen LogP contribution in [0.25, 0.3) is 0 Å². The number of nitrogens with one attached hydrogen (secondary N) is 1. The van der Waals surface area contributed by atoms with Gasteiger partial charge in [-0.3, -0.25) is 0 Å². The number of hydrogen-bond donors (Lipinski definition) is 2. The lowest BCUT2D eigenvalue weighted by atomic mass is 10.2. The zero-order valence-electron chi connectivity index (χ0n) is 9.70. The first-order chi connectivity index (χ1) is 8.08. The number of aromatic nitrogens is 1. The maximum Gasteiger partial charge on any atom is 0.351 e. The first-order valence-corrected chi connectivity index (χ1v) is 6.44. The fourth-order valence-corrected chi connectivity index (χ4v) is 2.35. The summed E-state index contributed by atoms with van der Waals surface area (Å²) in [6.07, 6.45) is 1.20. The number of hydrogen-bond acceptors (Lipinski definition) is 6. The van der Waals surface area contributed by atoms with Gasteiger partial charge in [-0.1, -0.05) is 36.3 Å². The van der Waals surface area contributed by atoms with Gasteiger partial charge in [0.2, 0.25) is 0 Å². The molecule has 1 heterocycles. The summed E-state index contributed by atoms with van der Waals surface area (Å²) in [5.41, 5.74) is 0. The van der Waals surface area contributed by atoms with Crippen molar-refractivity contribution in [2.45, 2.75) is 25.9 Å². The Labute approximate surface area is 109 Å². The summed E-state index contributed by atoms with van der Waals surface area (Å²) in [5.74, 6) is -0.505. The number of methoxy groups -OCH3 is 1. The molecule has 1 atom stereocenters. The van der Waals surface area contributed by atoms with Crippen molar-refractivity contribution in [1.82, 2.24) is 4.98 Å². The Bertz CT molecular complexity index is 384. The van der Waals surface area contributed by atoms with Crippen molar-refractivity contribution in [1.29, 1.82) is 0 Å². The van der Waals surface area contributed by atoms with Crippen LogP contribution >= 0.6 is 22.9 Å². The van der Waals surface area contributed by atoms with Crippen molar-refractivity contribution >= 4 is 34.0 Å². The van der Waals surface area contributed by atoms with E-state index in [1.165, 1.54) is 7.11 Å². The van der Waals surface area contributed by atoms with Crippen LogP contribution in [0.3, 0.4) is 0 Å². The normalized spacial score (nSPS) is 12.2. The molecule has 17 heavy (non-hydrogen) atoms. The van der Waals surface area contributed by atoms with Crippen LogP contribution in [0.5, 0.6) is 0 Å². The number of carbonyl (C=O) groups is 1. The van der Waals surface area contributed by atoms with Gasteiger partial charge in [0.15, 0.2) is 15.2 Å². The van der Waals surface area contributed by atoms with Gasteiger partial charge in [0.05, 0.1) is 13.2 Å². The molecule has 0 aliphatic heterocycles. The molecule has 1 unspecified atom stereocenters. The molecule has 5 nitrogen and oxygen atoms in total. The molecule has 1 rings (SSSR count). The number of rotatable bonds is 6. The second-order valence-electron chi connectivity index (χ2n) is 3.45. The van der Waals surface area contributed by atoms with E-state index in [4.69, 9.17) is 11.6 Å². The molecule has 96 valence electrons. The Morgan fingerprint density at radius 2 is 2.41 bits per heavy atom. The van der Waals surface area contributed by atoms with Gasteiger partial charge in [-0.05, 0) is 6.42 Å². The van der Waals surface area contributed by atoms with E-state index in [1.54, 1.807) is 0 Å². The molecule has 2 N–H and O–H groups in total. The van der Waals surface area contributed by atoms with Crippen LogP contribution in [0.15, 0.2) is 0 Å². The summed E-state index contributed by atoms with van der Waals surface area (Å²) in [6.45, 7) is 2.39. The summed E-state index contributed by atoms with van der Waals surface area (Å²) in [6, 6.07) is 0. The van der Waals surface area contributed by atoms with Gasteiger partial charge in [0.25, 0.3) is 0 Å². The molecule has 0 fully saturated rings. The Balaban J connectivity index is 2.58. The third-order valence-electron chi connectivity index (χ3n) is 2.07. The number of thiazole rings is 1. The molecule has 0 amide bonds. The summed E-state index contributed by atoms with van der Waals surface area (Å²) in [4.78, 5) is 15.5. The van der Waals surface area contributed by atoms with Crippen molar-refractivity contribution in [3.05, 3.63) is 10.0 Å². The summed E-state index contributed by atoms with van der Waals surface area (Å²) in [7, 11) is 1.29. The molecule has 0 saturated heterocycles. The minimum atomic E-state index is -0.505. The smallest absolute Gasteiger partial charge is 0.351 e. The van der Waals surface area contributed by atoms with Crippen LogP contribution in [0.4, 0.5) is 5.13 Å². The molecule has 0 radical (unpaired) electrons. The number of anilines is 1. The maximum atomic E-state index is 11.3. The van der Waals surface area contributed by atoms with Gasteiger partial charge in [0.1, 0.15) is 0 Å². The maximum absolute atomic E-state index is 11.3. The van der Waals surface area contributed by atoms with Crippen LogP contribution in [0.1, 0.15) is 29.4 Å². The van der Waals surface area contributed by atoms with Crippen molar-refractivity contribution in [3.8, 4) is 0 Å². The summed E-state index contributed by atoms with van der Waals surface area (Å²) >= 11 is 6.90. The average Bonchev–Trinajstić information content (AvgIpc) is 2.67. The number of carbonyl (C=O) groups excluding carboxylic acids is 1. The highest BCUT2D eigenvalue weighted by Gasteiger charge is 2.17. The van der Waals surface area contributed by atoms with E-state index in [-0.39, 0.29) is 10.0 Å². The molecule has 0 saturated carbocycles. The predicted octanol–water partition coefficient (Wildman–Crippen LogP) is 2.16. The second-order valence-corrected chi connectivity index (χ2v) is 4.81. The predicted molar refractivity (Wildman–Crippen MR) is 67.9 cm³/mol. The first kappa shape index (κ1) is 14.2. The standard InChI is InChI=1S/C10H15ClN2O3S/c1-3-4-6(14)5-12-10-13-8(11)7(17-10)9(15)16-2/h6,14H,3-5H2,1-2H3,(H,12,13). The van der Waals surface area contributed by atoms with E-state index in [0.29, 0.717) is 11.7 Å². The van der Waals surface area contributed by atoms with Gasteiger partial charge in [-0.25, -0.2) is 9.78 Å². The number of esters is 1. The van der Waals surface area contributed by atoms with E-state index >= 15 is 0 Å². The van der Waals surface area contributed by atoms with E-state index in [9.17, 15) is 9.90 Å². The fourth-order valence-electron chi connectivity index (χ4n) is 1.24. The van der Waals surface area contributed by atoms with Crippen LogP contribution in [0, 0.1) is 0 Å². The van der Waals surface area contributed by atoms with E-state index in [0.717, 1.165) is 24.2 Å². The van der Waals surface area contributed by atoms with Crippen LogP contribution in [0.2, 0.25) is 5.15 Å². The van der Waals surface area contributed by atoms with Crippen molar-refractivity contribution in [2.24, 2.45) is 0 Å². The summed E-state index contributed by atoms with van der Waals surface area (Å²) < 4.78 is 4.56. The molecule has 7 heteroatoms. The molecule has 0 aliphatic rings. The molecule has 0 aliphatic carbocycles. The number of aliphatic hydroxyl groups is 1. The monoisotopic (exact) mass is 278 g/mol. The van der Waals surface area contributed by atoms with E-state index in [2.05, 4.69) is 15.0 Å². The third-order valence-corrected chi connectivity index (χ3v) is 3.45. The fraction of sp³-hybridized carbons (Fsp3) is 0.600. The lowest BCUT2D eigenvalue weighted by Crippen LogP contribution is -2.18. The molecule has 1 aromatic heterocycles. The number of aliphatic hydroxyl groups excluding tert-OH is 1. The number of nitrogens with zero attached hydrogens (tertiary/aromatic N) is 1. The van der Waals surface area contributed by atoms with Gasteiger partial charge >= 0.3 is 5.97 Å². The Morgan fingerprint density at radius 1 is 1.71 bits per heavy atom. The largest absolute Gasteiger partial charge is 0.465 e. The minimum Gasteiger partial charge on any atom is -0.465 e. The zero-order chi connectivity index (χ0) is 12.8. The molecule has 0 spiro atoms. The zero-order valence-corrected chi connectivity index (χ0v) is 11.3. The van der Waals surface area contributed by atoms with Gasteiger partial charge < -0.3 is 15.2 Å².